The SMILES string of the molecule is CCC[C@@H]1OO[C@]1(CC)C(=O)OC(C)(C)C. The normalized spacial score (nSPS) is 29.7. The lowest BCUT2D eigenvalue weighted by Crippen LogP contribution is -2.62. The Morgan fingerprint density at radius 3 is 2.31 bits per heavy atom. The molecule has 1 saturated heterocycles. The minimum atomic E-state index is -0.886. The van der Waals surface area contributed by atoms with Gasteiger partial charge in [0.1, 0.15) is 11.7 Å². The van der Waals surface area contributed by atoms with Gasteiger partial charge >= 0.3 is 5.97 Å². The van der Waals surface area contributed by atoms with E-state index in [1.165, 1.54) is 0 Å². The Balaban J connectivity index is 2.70. The van der Waals surface area contributed by atoms with Gasteiger partial charge in [0.15, 0.2) is 0 Å². The van der Waals surface area contributed by atoms with Crippen molar-refractivity contribution in [2.75, 3.05) is 0 Å². The molecule has 2 atom stereocenters. The van der Waals surface area contributed by atoms with Crippen molar-refractivity contribution >= 4 is 5.97 Å². The molecule has 1 aliphatic heterocycles. The summed E-state index contributed by atoms with van der Waals surface area (Å²) in [5.74, 6) is -0.313. The Morgan fingerprint density at radius 1 is 1.38 bits per heavy atom. The maximum absolute atomic E-state index is 12.1. The van der Waals surface area contributed by atoms with Gasteiger partial charge in [0, 0.05) is 0 Å². The lowest BCUT2D eigenvalue weighted by Gasteiger charge is -2.45. The van der Waals surface area contributed by atoms with Crippen LogP contribution in [0.2, 0.25) is 0 Å². The van der Waals surface area contributed by atoms with Crippen molar-refractivity contribution in [1.82, 2.24) is 0 Å². The average molecular weight is 230 g/mol. The minimum Gasteiger partial charge on any atom is -0.458 e. The summed E-state index contributed by atoms with van der Waals surface area (Å²) in [6.45, 7) is 9.51. The number of esters is 1. The van der Waals surface area contributed by atoms with Crippen molar-refractivity contribution in [3.63, 3.8) is 0 Å². The van der Waals surface area contributed by atoms with Crippen molar-refractivity contribution in [1.29, 1.82) is 0 Å². The number of ether oxygens (including phenoxy) is 1. The molecule has 0 radical (unpaired) electrons. The van der Waals surface area contributed by atoms with Gasteiger partial charge in [-0.2, -0.15) is 0 Å². The molecule has 0 amide bonds. The molecular weight excluding hydrogens is 208 g/mol. The molecule has 0 aromatic heterocycles. The Morgan fingerprint density at radius 2 is 2.00 bits per heavy atom. The molecule has 0 aromatic carbocycles. The van der Waals surface area contributed by atoms with Gasteiger partial charge in [-0.15, -0.1) is 0 Å². The standard InChI is InChI=1S/C12H22O4/c1-6-8-9-12(7-2,16-15-9)10(13)14-11(3,4)5/h9H,6-8H2,1-5H3/t9-,12-/m0/s1. The Kier molecular flexibility index (Phi) is 3.97. The quantitative estimate of drug-likeness (QED) is 0.550. The van der Waals surface area contributed by atoms with E-state index in [1.54, 1.807) is 0 Å². The summed E-state index contributed by atoms with van der Waals surface area (Å²) in [4.78, 5) is 22.1. The fourth-order valence-electron chi connectivity index (χ4n) is 1.74. The maximum atomic E-state index is 12.1. The Hall–Kier alpha value is -0.610. The molecule has 1 aliphatic rings. The summed E-state index contributed by atoms with van der Waals surface area (Å²) < 4.78 is 5.37. The van der Waals surface area contributed by atoms with E-state index in [-0.39, 0.29) is 12.1 Å². The molecule has 0 N–H and O–H groups in total. The predicted octanol–water partition coefficient (Wildman–Crippen LogP) is 2.61. The number of rotatable bonds is 4. The van der Waals surface area contributed by atoms with Crippen LogP contribution in [-0.2, 0) is 19.3 Å². The Bertz CT molecular complexity index is 252. The zero-order valence-electron chi connectivity index (χ0n) is 10.8. The van der Waals surface area contributed by atoms with Crippen LogP contribution in [0.1, 0.15) is 53.9 Å². The molecule has 1 fully saturated rings. The van der Waals surface area contributed by atoms with Crippen LogP contribution in [0.25, 0.3) is 0 Å². The number of hydrogen-bond donors (Lipinski definition) is 0. The van der Waals surface area contributed by atoms with Gasteiger partial charge in [0.05, 0.1) is 0 Å². The van der Waals surface area contributed by atoms with Crippen molar-refractivity contribution in [2.24, 2.45) is 0 Å². The van der Waals surface area contributed by atoms with Gasteiger partial charge in [-0.25, -0.2) is 14.6 Å². The van der Waals surface area contributed by atoms with Gasteiger partial charge in [-0.1, -0.05) is 20.3 Å². The number of carbonyl (C=O) groups is 1. The van der Waals surface area contributed by atoms with Crippen molar-refractivity contribution in [2.45, 2.75) is 71.2 Å². The topological polar surface area (TPSA) is 44.8 Å². The highest BCUT2D eigenvalue weighted by atomic mass is 17.3. The van der Waals surface area contributed by atoms with Gasteiger partial charge in [-0.05, 0) is 33.6 Å². The van der Waals surface area contributed by atoms with Gasteiger partial charge in [0.25, 0.3) is 0 Å². The molecule has 0 saturated carbocycles. The molecule has 0 unspecified atom stereocenters. The molecule has 1 heterocycles. The van der Waals surface area contributed by atoms with Crippen LogP contribution < -0.4 is 0 Å². The van der Waals surface area contributed by atoms with E-state index in [4.69, 9.17) is 14.5 Å². The van der Waals surface area contributed by atoms with Gasteiger partial charge in [0.2, 0.25) is 5.60 Å². The van der Waals surface area contributed by atoms with Crippen LogP contribution in [0.3, 0.4) is 0 Å². The summed E-state index contributed by atoms with van der Waals surface area (Å²) in [6.07, 6.45) is 2.18. The fraction of sp³-hybridized carbons (Fsp3) is 0.917. The first-order valence-electron chi connectivity index (χ1n) is 5.93. The smallest absolute Gasteiger partial charge is 0.345 e. The third-order valence-corrected chi connectivity index (χ3v) is 2.65. The van der Waals surface area contributed by atoms with E-state index in [9.17, 15) is 4.79 Å². The molecular formula is C12H22O4. The molecule has 0 bridgehead atoms. The molecule has 1 rings (SSSR count). The summed E-state index contributed by atoms with van der Waals surface area (Å²) in [5.41, 5.74) is -1.38. The highest BCUT2D eigenvalue weighted by Crippen LogP contribution is 2.38. The molecule has 0 spiro atoms. The van der Waals surface area contributed by atoms with Crippen molar-refractivity contribution in [3.05, 3.63) is 0 Å². The maximum Gasteiger partial charge on any atom is 0.345 e. The lowest BCUT2D eigenvalue weighted by atomic mass is 9.89. The second kappa shape index (κ2) is 4.72. The van der Waals surface area contributed by atoms with E-state index >= 15 is 0 Å². The predicted molar refractivity (Wildman–Crippen MR) is 59.7 cm³/mol. The van der Waals surface area contributed by atoms with Crippen LogP contribution in [0, 0.1) is 0 Å². The molecule has 16 heavy (non-hydrogen) atoms. The zero-order chi connectivity index (χ0) is 12.4. The molecule has 94 valence electrons. The van der Waals surface area contributed by atoms with E-state index in [1.807, 2.05) is 27.7 Å². The molecule has 0 aromatic rings. The highest BCUT2D eigenvalue weighted by Gasteiger charge is 2.57. The average Bonchev–Trinajstić information content (AvgIpc) is 2.11. The summed E-state index contributed by atoms with van der Waals surface area (Å²) in [5, 5.41) is 0. The summed E-state index contributed by atoms with van der Waals surface area (Å²) in [7, 11) is 0. The van der Waals surface area contributed by atoms with Crippen molar-refractivity contribution in [3.8, 4) is 0 Å². The van der Waals surface area contributed by atoms with Gasteiger partial charge < -0.3 is 4.74 Å². The first kappa shape index (κ1) is 13.5. The number of carbonyl (C=O) groups excluding carboxylic acids is 1. The molecule has 4 heteroatoms. The third kappa shape index (κ3) is 2.55. The van der Waals surface area contributed by atoms with Crippen LogP contribution in [0.15, 0.2) is 0 Å². The first-order chi connectivity index (χ1) is 7.35. The minimum absolute atomic E-state index is 0.169. The first-order valence-corrected chi connectivity index (χ1v) is 5.93. The van der Waals surface area contributed by atoms with E-state index in [0.29, 0.717) is 6.42 Å². The van der Waals surface area contributed by atoms with Crippen LogP contribution >= 0.6 is 0 Å². The largest absolute Gasteiger partial charge is 0.458 e. The van der Waals surface area contributed by atoms with Crippen LogP contribution in [0.4, 0.5) is 0 Å². The Labute approximate surface area is 97.2 Å². The number of hydrogen-bond acceptors (Lipinski definition) is 4. The van der Waals surface area contributed by atoms with E-state index in [2.05, 4.69) is 6.92 Å². The second-order valence-corrected chi connectivity index (χ2v) is 5.20. The van der Waals surface area contributed by atoms with Crippen LogP contribution in [0.5, 0.6) is 0 Å². The summed E-state index contributed by atoms with van der Waals surface area (Å²) in [6, 6.07) is 0. The molecule has 0 aliphatic carbocycles. The third-order valence-electron chi connectivity index (χ3n) is 2.65. The second-order valence-electron chi connectivity index (χ2n) is 5.20. The summed E-state index contributed by atoms with van der Waals surface area (Å²) >= 11 is 0. The molecule has 4 nitrogen and oxygen atoms in total. The van der Waals surface area contributed by atoms with Crippen LogP contribution in [-0.4, -0.2) is 23.3 Å². The zero-order valence-corrected chi connectivity index (χ0v) is 10.8. The lowest BCUT2D eigenvalue weighted by molar-refractivity contribution is -0.499. The van der Waals surface area contributed by atoms with E-state index < -0.39 is 11.2 Å². The fourth-order valence-corrected chi connectivity index (χ4v) is 1.74. The highest BCUT2D eigenvalue weighted by molar-refractivity contribution is 5.81. The van der Waals surface area contributed by atoms with E-state index in [0.717, 1.165) is 12.8 Å². The monoisotopic (exact) mass is 230 g/mol. The van der Waals surface area contributed by atoms with Gasteiger partial charge in [-0.3, -0.25) is 0 Å². The van der Waals surface area contributed by atoms with Crippen molar-refractivity contribution < 1.29 is 19.3 Å².